The summed E-state index contributed by atoms with van der Waals surface area (Å²) in [5.74, 6) is 0.581. The first kappa shape index (κ1) is 24.0. The molecule has 2 aromatic carbocycles. The van der Waals surface area contributed by atoms with Crippen LogP contribution < -0.4 is 9.47 Å². The molecule has 0 spiro atoms. The largest absolute Gasteiger partial charge is 0.493 e. The van der Waals surface area contributed by atoms with E-state index in [0.717, 1.165) is 31.2 Å². The standard InChI is InChI=1S/C27H33FN2O4/c1-18(2)34-23-14-11-20(15-24(23)33-3)26-27(32)29(22-7-5-4-6-8-22)17-25(31)30(26)16-19-9-12-21(28)13-10-19/h9-15,18,22,26H,4-8,16-17H2,1-3H3/t26-/m1/s1. The number of ether oxygens (including phenoxy) is 2. The highest BCUT2D eigenvalue weighted by Gasteiger charge is 2.43. The van der Waals surface area contributed by atoms with Gasteiger partial charge in [0.15, 0.2) is 11.5 Å². The van der Waals surface area contributed by atoms with Crippen LogP contribution in [0.1, 0.15) is 63.1 Å². The van der Waals surface area contributed by atoms with Crippen molar-refractivity contribution in [2.45, 2.75) is 70.7 Å². The van der Waals surface area contributed by atoms with E-state index < -0.39 is 6.04 Å². The molecule has 1 atom stereocenters. The third-order valence-electron chi connectivity index (χ3n) is 6.60. The molecule has 0 unspecified atom stereocenters. The lowest BCUT2D eigenvalue weighted by atomic mass is 9.91. The van der Waals surface area contributed by atoms with Crippen molar-refractivity contribution in [3.8, 4) is 11.5 Å². The van der Waals surface area contributed by atoms with Gasteiger partial charge >= 0.3 is 0 Å². The smallest absolute Gasteiger partial charge is 0.250 e. The number of benzene rings is 2. The zero-order valence-corrected chi connectivity index (χ0v) is 20.1. The minimum Gasteiger partial charge on any atom is -0.493 e. The maximum Gasteiger partial charge on any atom is 0.250 e. The third kappa shape index (κ3) is 5.18. The molecule has 34 heavy (non-hydrogen) atoms. The minimum atomic E-state index is -0.782. The summed E-state index contributed by atoms with van der Waals surface area (Å²) >= 11 is 0. The Kier molecular flexibility index (Phi) is 7.39. The Balaban J connectivity index is 1.71. The van der Waals surface area contributed by atoms with Crippen molar-refractivity contribution in [1.29, 1.82) is 0 Å². The Bertz CT molecular complexity index is 1020. The van der Waals surface area contributed by atoms with Crippen LogP contribution in [0.4, 0.5) is 4.39 Å². The van der Waals surface area contributed by atoms with E-state index in [9.17, 15) is 14.0 Å². The molecule has 1 aliphatic heterocycles. The van der Waals surface area contributed by atoms with E-state index in [4.69, 9.17) is 9.47 Å². The molecule has 0 radical (unpaired) electrons. The number of piperazine rings is 1. The Labute approximate surface area is 200 Å². The monoisotopic (exact) mass is 468 g/mol. The van der Waals surface area contributed by atoms with E-state index in [1.807, 2.05) is 19.9 Å². The maximum absolute atomic E-state index is 13.9. The van der Waals surface area contributed by atoms with E-state index in [2.05, 4.69) is 0 Å². The van der Waals surface area contributed by atoms with Crippen molar-refractivity contribution in [3.63, 3.8) is 0 Å². The molecule has 1 saturated carbocycles. The predicted octanol–water partition coefficient (Wildman–Crippen LogP) is 4.87. The molecule has 7 heteroatoms. The fourth-order valence-corrected chi connectivity index (χ4v) is 4.94. The summed E-state index contributed by atoms with van der Waals surface area (Å²) in [6.07, 6.45) is 5.13. The van der Waals surface area contributed by atoms with Gasteiger partial charge < -0.3 is 19.3 Å². The van der Waals surface area contributed by atoms with Gasteiger partial charge in [0.05, 0.1) is 13.2 Å². The molecule has 182 valence electrons. The quantitative estimate of drug-likeness (QED) is 0.582. The maximum atomic E-state index is 13.9. The lowest BCUT2D eigenvalue weighted by Crippen LogP contribution is -2.58. The first-order valence-electron chi connectivity index (χ1n) is 12.1. The van der Waals surface area contributed by atoms with Gasteiger partial charge in [-0.1, -0.05) is 37.5 Å². The second-order valence-electron chi connectivity index (χ2n) is 9.39. The van der Waals surface area contributed by atoms with Crippen LogP contribution in [0.3, 0.4) is 0 Å². The molecule has 1 heterocycles. The predicted molar refractivity (Wildman–Crippen MR) is 127 cm³/mol. The molecule has 4 rings (SSSR count). The average molecular weight is 469 g/mol. The number of hydrogen-bond donors (Lipinski definition) is 0. The molecule has 2 amide bonds. The number of nitrogens with zero attached hydrogens (tertiary/aromatic N) is 2. The van der Waals surface area contributed by atoms with Crippen LogP contribution in [0.15, 0.2) is 42.5 Å². The first-order valence-corrected chi connectivity index (χ1v) is 12.1. The lowest BCUT2D eigenvalue weighted by molar-refractivity contribution is -0.160. The fourth-order valence-electron chi connectivity index (χ4n) is 4.94. The zero-order chi connectivity index (χ0) is 24.2. The van der Waals surface area contributed by atoms with Gasteiger partial charge in [0.1, 0.15) is 18.4 Å². The lowest BCUT2D eigenvalue weighted by Gasteiger charge is -2.44. The highest BCUT2D eigenvalue weighted by Crippen LogP contribution is 2.37. The normalized spacial score (nSPS) is 19.6. The van der Waals surface area contributed by atoms with Crippen LogP contribution in [-0.4, -0.2) is 47.4 Å². The van der Waals surface area contributed by atoms with Crippen molar-refractivity contribution >= 4 is 11.8 Å². The number of halogens is 1. The summed E-state index contributed by atoms with van der Waals surface area (Å²) in [5, 5.41) is 0. The molecular weight excluding hydrogens is 435 g/mol. The van der Waals surface area contributed by atoms with Crippen molar-refractivity contribution in [2.75, 3.05) is 13.7 Å². The average Bonchev–Trinajstić information content (AvgIpc) is 2.83. The van der Waals surface area contributed by atoms with E-state index in [1.54, 1.807) is 41.2 Å². The molecule has 2 aromatic rings. The fraction of sp³-hybridized carbons (Fsp3) is 0.481. The summed E-state index contributed by atoms with van der Waals surface area (Å²) in [6.45, 7) is 4.17. The van der Waals surface area contributed by atoms with E-state index in [-0.39, 0.29) is 42.9 Å². The molecule has 0 N–H and O–H groups in total. The first-order chi connectivity index (χ1) is 16.4. The highest BCUT2D eigenvalue weighted by atomic mass is 19.1. The molecule has 2 aliphatic rings. The van der Waals surface area contributed by atoms with Gasteiger partial charge in [-0.3, -0.25) is 9.59 Å². The van der Waals surface area contributed by atoms with Gasteiger partial charge in [0.2, 0.25) is 5.91 Å². The summed E-state index contributed by atoms with van der Waals surface area (Å²) in [5.41, 5.74) is 1.44. The van der Waals surface area contributed by atoms with Gasteiger partial charge in [-0.25, -0.2) is 4.39 Å². The van der Waals surface area contributed by atoms with Gasteiger partial charge in [-0.15, -0.1) is 0 Å². The van der Waals surface area contributed by atoms with Gasteiger partial charge in [-0.2, -0.15) is 0 Å². The van der Waals surface area contributed by atoms with Crippen LogP contribution >= 0.6 is 0 Å². The minimum absolute atomic E-state index is 0.0330. The molecule has 0 bridgehead atoms. The molecular formula is C27H33FN2O4. The number of methoxy groups -OCH3 is 1. The summed E-state index contributed by atoms with van der Waals surface area (Å²) < 4.78 is 24.8. The number of carbonyl (C=O) groups is 2. The molecule has 0 aromatic heterocycles. The van der Waals surface area contributed by atoms with Crippen molar-refractivity contribution < 1.29 is 23.5 Å². The van der Waals surface area contributed by atoms with Gasteiger partial charge in [0.25, 0.3) is 5.91 Å². The topological polar surface area (TPSA) is 59.1 Å². The van der Waals surface area contributed by atoms with Crippen LogP contribution in [-0.2, 0) is 16.1 Å². The van der Waals surface area contributed by atoms with Crippen molar-refractivity contribution in [1.82, 2.24) is 9.80 Å². The second kappa shape index (κ2) is 10.5. The van der Waals surface area contributed by atoms with E-state index >= 15 is 0 Å². The SMILES string of the molecule is COc1cc([C@@H]2C(=O)N(C3CCCCC3)CC(=O)N2Cc2ccc(F)cc2)ccc1OC(C)C. The molecule has 2 fully saturated rings. The molecule has 6 nitrogen and oxygen atoms in total. The Morgan fingerprint density at radius 2 is 1.71 bits per heavy atom. The summed E-state index contributed by atoms with van der Waals surface area (Å²) in [6, 6.07) is 10.8. The van der Waals surface area contributed by atoms with Crippen LogP contribution in [0.5, 0.6) is 11.5 Å². The number of carbonyl (C=O) groups excluding carboxylic acids is 2. The number of amides is 2. The summed E-state index contributed by atoms with van der Waals surface area (Å²) in [4.78, 5) is 30.7. The zero-order valence-electron chi connectivity index (χ0n) is 20.1. The van der Waals surface area contributed by atoms with Crippen molar-refractivity contribution in [2.24, 2.45) is 0 Å². The molecule has 1 saturated heterocycles. The van der Waals surface area contributed by atoms with Gasteiger partial charge in [0, 0.05) is 12.6 Å². The second-order valence-corrected chi connectivity index (χ2v) is 9.39. The van der Waals surface area contributed by atoms with Crippen LogP contribution in [0, 0.1) is 5.82 Å². The Morgan fingerprint density at radius 3 is 2.35 bits per heavy atom. The third-order valence-corrected chi connectivity index (χ3v) is 6.60. The van der Waals surface area contributed by atoms with E-state index in [1.165, 1.54) is 18.6 Å². The van der Waals surface area contributed by atoms with Gasteiger partial charge in [-0.05, 0) is 62.1 Å². The Hall–Kier alpha value is -3.09. The molecule has 1 aliphatic carbocycles. The van der Waals surface area contributed by atoms with Crippen molar-refractivity contribution in [3.05, 3.63) is 59.4 Å². The number of rotatable bonds is 7. The highest BCUT2D eigenvalue weighted by molar-refractivity contribution is 5.96. The van der Waals surface area contributed by atoms with Crippen LogP contribution in [0.2, 0.25) is 0 Å². The van der Waals surface area contributed by atoms with Crippen LogP contribution in [0.25, 0.3) is 0 Å². The Morgan fingerprint density at radius 1 is 1.00 bits per heavy atom. The number of hydrogen-bond acceptors (Lipinski definition) is 4. The van der Waals surface area contributed by atoms with E-state index in [0.29, 0.717) is 17.1 Å². The summed E-state index contributed by atoms with van der Waals surface area (Å²) in [7, 11) is 1.56.